The van der Waals surface area contributed by atoms with Crippen molar-refractivity contribution in [2.24, 2.45) is 11.8 Å². The standard InChI is InChI=1S/C15H30N2/c1-3-4-15-12-17(10-9-16-15)11-14-7-5-13(2)6-8-14/h13-16H,3-12H2,1-2H3. The summed E-state index contributed by atoms with van der Waals surface area (Å²) >= 11 is 0. The highest BCUT2D eigenvalue weighted by molar-refractivity contribution is 4.81. The van der Waals surface area contributed by atoms with Gasteiger partial charge in [-0.3, -0.25) is 0 Å². The molecule has 1 atom stereocenters. The van der Waals surface area contributed by atoms with Gasteiger partial charge in [-0.25, -0.2) is 0 Å². The average molecular weight is 238 g/mol. The zero-order valence-electron chi connectivity index (χ0n) is 11.8. The van der Waals surface area contributed by atoms with Gasteiger partial charge in [0, 0.05) is 32.2 Å². The Kier molecular flexibility index (Phi) is 5.30. The highest BCUT2D eigenvalue weighted by atomic mass is 15.2. The van der Waals surface area contributed by atoms with Gasteiger partial charge in [-0.05, 0) is 31.1 Å². The molecule has 2 fully saturated rings. The van der Waals surface area contributed by atoms with Crippen molar-refractivity contribution in [3.63, 3.8) is 0 Å². The molecule has 0 amide bonds. The van der Waals surface area contributed by atoms with E-state index in [0.29, 0.717) is 0 Å². The third-order valence-electron chi connectivity index (χ3n) is 4.63. The maximum absolute atomic E-state index is 3.65. The van der Waals surface area contributed by atoms with E-state index < -0.39 is 0 Å². The predicted molar refractivity (Wildman–Crippen MR) is 74.3 cm³/mol. The van der Waals surface area contributed by atoms with Crippen molar-refractivity contribution in [2.45, 2.75) is 58.4 Å². The fourth-order valence-corrected chi connectivity index (χ4v) is 3.48. The summed E-state index contributed by atoms with van der Waals surface area (Å²) in [6.45, 7) is 9.84. The second kappa shape index (κ2) is 6.75. The smallest absolute Gasteiger partial charge is 0.0195 e. The Balaban J connectivity index is 1.71. The molecule has 0 aromatic carbocycles. The summed E-state index contributed by atoms with van der Waals surface area (Å²) in [5, 5.41) is 3.65. The molecule has 1 aliphatic heterocycles. The van der Waals surface area contributed by atoms with E-state index in [2.05, 4.69) is 24.1 Å². The maximum Gasteiger partial charge on any atom is 0.0195 e. The van der Waals surface area contributed by atoms with E-state index in [0.717, 1.165) is 17.9 Å². The van der Waals surface area contributed by atoms with E-state index in [-0.39, 0.29) is 0 Å². The van der Waals surface area contributed by atoms with Crippen molar-refractivity contribution in [1.29, 1.82) is 0 Å². The van der Waals surface area contributed by atoms with Crippen LogP contribution in [0, 0.1) is 11.8 Å². The molecule has 1 N–H and O–H groups in total. The summed E-state index contributed by atoms with van der Waals surface area (Å²) in [7, 11) is 0. The normalized spacial score (nSPS) is 36.0. The molecule has 1 heterocycles. The molecule has 0 bridgehead atoms. The van der Waals surface area contributed by atoms with Gasteiger partial charge in [0.25, 0.3) is 0 Å². The lowest BCUT2D eigenvalue weighted by molar-refractivity contribution is 0.144. The summed E-state index contributed by atoms with van der Waals surface area (Å²) in [6, 6.07) is 0.760. The third-order valence-corrected chi connectivity index (χ3v) is 4.63. The molecule has 0 aromatic rings. The van der Waals surface area contributed by atoms with Crippen LogP contribution in [-0.4, -0.2) is 37.1 Å². The van der Waals surface area contributed by atoms with Gasteiger partial charge < -0.3 is 10.2 Å². The van der Waals surface area contributed by atoms with Crippen molar-refractivity contribution in [3.8, 4) is 0 Å². The van der Waals surface area contributed by atoms with Gasteiger partial charge in [0.15, 0.2) is 0 Å². The van der Waals surface area contributed by atoms with Crippen LogP contribution in [0.1, 0.15) is 52.4 Å². The van der Waals surface area contributed by atoms with Gasteiger partial charge in [0.1, 0.15) is 0 Å². The molecule has 0 spiro atoms. The van der Waals surface area contributed by atoms with Crippen LogP contribution < -0.4 is 5.32 Å². The van der Waals surface area contributed by atoms with Crippen molar-refractivity contribution < 1.29 is 0 Å². The van der Waals surface area contributed by atoms with E-state index in [4.69, 9.17) is 0 Å². The van der Waals surface area contributed by atoms with Crippen molar-refractivity contribution in [3.05, 3.63) is 0 Å². The van der Waals surface area contributed by atoms with Crippen LogP contribution >= 0.6 is 0 Å². The molecule has 2 rings (SSSR count). The van der Waals surface area contributed by atoms with Gasteiger partial charge in [-0.1, -0.05) is 33.1 Å². The Hall–Kier alpha value is -0.0800. The second-order valence-corrected chi connectivity index (χ2v) is 6.33. The molecule has 0 radical (unpaired) electrons. The zero-order valence-corrected chi connectivity index (χ0v) is 11.8. The lowest BCUT2D eigenvalue weighted by atomic mass is 9.82. The molecule has 2 nitrogen and oxygen atoms in total. The largest absolute Gasteiger partial charge is 0.311 e. The highest BCUT2D eigenvalue weighted by Crippen LogP contribution is 2.29. The Labute approximate surface area is 107 Å². The molecule has 0 aromatic heterocycles. The first-order valence-electron chi connectivity index (χ1n) is 7.73. The van der Waals surface area contributed by atoms with Crippen LogP contribution in [0.15, 0.2) is 0 Å². The molecule has 2 aliphatic rings. The van der Waals surface area contributed by atoms with Crippen molar-refractivity contribution >= 4 is 0 Å². The molecule has 17 heavy (non-hydrogen) atoms. The molecule has 100 valence electrons. The Morgan fingerprint density at radius 3 is 2.65 bits per heavy atom. The average Bonchev–Trinajstić information content (AvgIpc) is 2.33. The Morgan fingerprint density at radius 2 is 1.94 bits per heavy atom. The van der Waals surface area contributed by atoms with E-state index >= 15 is 0 Å². The number of hydrogen-bond donors (Lipinski definition) is 1. The molecular weight excluding hydrogens is 208 g/mol. The van der Waals surface area contributed by atoms with Crippen LogP contribution in [-0.2, 0) is 0 Å². The fourth-order valence-electron chi connectivity index (χ4n) is 3.48. The Morgan fingerprint density at radius 1 is 1.18 bits per heavy atom. The first-order chi connectivity index (χ1) is 8.28. The van der Waals surface area contributed by atoms with E-state index in [1.165, 1.54) is 64.7 Å². The molecule has 2 heteroatoms. The fraction of sp³-hybridized carbons (Fsp3) is 1.00. The highest BCUT2D eigenvalue weighted by Gasteiger charge is 2.24. The minimum absolute atomic E-state index is 0.760. The number of nitrogens with zero attached hydrogens (tertiary/aromatic N) is 1. The minimum Gasteiger partial charge on any atom is -0.311 e. The maximum atomic E-state index is 3.65. The SMILES string of the molecule is CCCC1CN(CC2CCC(C)CC2)CCN1. The van der Waals surface area contributed by atoms with Crippen LogP contribution in [0.5, 0.6) is 0 Å². The second-order valence-electron chi connectivity index (χ2n) is 6.33. The Bertz CT molecular complexity index is 207. The topological polar surface area (TPSA) is 15.3 Å². The lowest BCUT2D eigenvalue weighted by Gasteiger charge is -2.37. The summed E-state index contributed by atoms with van der Waals surface area (Å²) in [5.41, 5.74) is 0. The van der Waals surface area contributed by atoms with Gasteiger partial charge >= 0.3 is 0 Å². The number of rotatable bonds is 4. The minimum atomic E-state index is 0.760. The van der Waals surface area contributed by atoms with Crippen LogP contribution in [0.4, 0.5) is 0 Å². The predicted octanol–water partition coefficient (Wildman–Crippen LogP) is 2.89. The number of hydrogen-bond acceptors (Lipinski definition) is 2. The van der Waals surface area contributed by atoms with E-state index in [9.17, 15) is 0 Å². The van der Waals surface area contributed by atoms with Crippen molar-refractivity contribution in [2.75, 3.05) is 26.2 Å². The van der Waals surface area contributed by atoms with Crippen LogP contribution in [0.3, 0.4) is 0 Å². The van der Waals surface area contributed by atoms with E-state index in [1.807, 2.05) is 0 Å². The quantitative estimate of drug-likeness (QED) is 0.810. The van der Waals surface area contributed by atoms with Gasteiger partial charge in [0.2, 0.25) is 0 Å². The summed E-state index contributed by atoms with van der Waals surface area (Å²) in [5.74, 6) is 1.98. The van der Waals surface area contributed by atoms with Crippen LogP contribution in [0.2, 0.25) is 0 Å². The molecule has 1 aliphatic carbocycles. The number of piperazine rings is 1. The molecular formula is C15H30N2. The molecule has 1 saturated heterocycles. The summed E-state index contributed by atoms with van der Waals surface area (Å²) in [6.07, 6.45) is 8.54. The molecule has 1 saturated carbocycles. The number of nitrogens with one attached hydrogen (secondary N) is 1. The van der Waals surface area contributed by atoms with Crippen molar-refractivity contribution in [1.82, 2.24) is 10.2 Å². The van der Waals surface area contributed by atoms with Gasteiger partial charge in [-0.2, -0.15) is 0 Å². The van der Waals surface area contributed by atoms with Crippen LogP contribution in [0.25, 0.3) is 0 Å². The van der Waals surface area contributed by atoms with E-state index in [1.54, 1.807) is 0 Å². The zero-order chi connectivity index (χ0) is 12.1. The third kappa shape index (κ3) is 4.26. The first-order valence-corrected chi connectivity index (χ1v) is 7.73. The lowest BCUT2D eigenvalue weighted by Crippen LogP contribution is -2.51. The molecule has 1 unspecified atom stereocenters. The monoisotopic (exact) mass is 238 g/mol. The first kappa shape index (κ1) is 13.4. The van der Waals surface area contributed by atoms with Gasteiger partial charge in [0.05, 0.1) is 0 Å². The summed E-state index contributed by atoms with van der Waals surface area (Å²) < 4.78 is 0. The summed E-state index contributed by atoms with van der Waals surface area (Å²) in [4.78, 5) is 2.72. The van der Waals surface area contributed by atoms with Gasteiger partial charge in [-0.15, -0.1) is 0 Å².